The third kappa shape index (κ3) is 5.34. The first-order valence-corrected chi connectivity index (χ1v) is 11.0. The van der Waals surface area contributed by atoms with Gasteiger partial charge in [-0.3, -0.25) is 19.6 Å². The average Bonchev–Trinajstić information content (AvgIpc) is 2.87. The second kappa shape index (κ2) is 10.4. The van der Waals surface area contributed by atoms with Crippen LogP contribution in [0.4, 0.5) is 11.6 Å². The molecule has 0 fully saturated rings. The molecule has 0 spiro atoms. The van der Waals surface area contributed by atoms with E-state index in [-0.39, 0.29) is 23.2 Å². The third-order valence-electron chi connectivity index (χ3n) is 5.22. The first-order chi connectivity index (χ1) is 16.9. The van der Waals surface area contributed by atoms with Gasteiger partial charge in [0.2, 0.25) is 5.91 Å². The van der Waals surface area contributed by atoms with Crippen LogP contribution in [-0.2, 0) is 4.79 Å². The van der Waals surface area contributed by atoms with E-state index in [1.54, 1.807) is 63.8 Å². The summed E-state index contributed by atoms with van der Waals surface area (Å²) in [5.74, 6) is 0.188. The van der Waals surface area contributed by atoms with Gasteiger partial charge in [0.25, 0.3) is 5.91 Å². The Bertz CT molecular complexity index is 1400. The van der Waals surface area contributed by atoms with Gasteiger partial charge in [0, 0.05) is 18.6 Å². The Labute approximate surface area is 206 Å². The zero-order chi connectivity index (χ0) is 24.9. The van der Waals surface area contributed by atoms with Crippen LogP contribution in [0.3, 0.4) is 0 Å². The molecule has 0 radical (unpaired) electrons. The van der Waals surface area contributed by atoms with Gasteiger partial charge in [-0.25, -0.2) is 9.97 Å². The monoisotopic (exact) mass is 491 g/mol. The molecule has 4 rings (SSSR count). The van der Waals surface area contributed by atoms with Crippen molar-refractivity contribution in [2.24, 2.45) is 0 Å². The third-order valence-corrected chi connectivity index (χ3v) is 5.44. The summed E-state index contributed by atoms with van der Waals surface area (Å²) in [7, 11) is 3.23. The van der Waals surface area contributed by atoms with E-state index in [9.17, 15) is 9.59 Å². The van der Waals surface area contributed by atoms with Gasteiger partial charge >= 0.3 is 0 Å². The van der Waals surface area contributed by atoms with E-state index in [0.717, 1.165) is 0 Å². The van der Waals surface area contributed by atoms with Crippen molar-refractivity contribution in [1.29, 1.82) is 0 Å². The lowest BCUT2D eigenvalue weighted by Crippen LogP contribution is -2.35. The van der Waals surface area contributed by atoms with Crippen LogP contribution in [-0.4, -0.2) is 51.9 Å². The van der Waals surface area contributed by atoms with E-state index >= 15 is 0 Å². The van der Waals surface area contributed by atoms with E-state index in [2.05, 4.69) is 35.9 Å². The summed E-state index contributed by atoms with van der Waals surface area (Å²) < 4.78 is 5.59. The minimum absolute atomic E-state index is 0.157. The van der Waals surface area contributed by atoms with Crippen molar-refractivity contribution in [2.75, 3.05) is 24.8 Å². The molecule has 4 aromatic rings. The highest BCUT2D eigenvalue weighted by Crippen LogP contribution is 2.37. The highest BCUT2D eigenvalue weighted by Gasteiger charge is 2.18. The molecule has 1 aromatic carbocycles. The Morgan fingerprint density at radius 3 is 2.43 bits per heavy atom. The van der Waals surface area contributed by atoms with E-state index < -0.39 is 11.9 Å². The Hall–Kier alpha value is -4.15. The zero-order valence-corrected chi connectivity index (χ0v) is 19.9. The predicted octanol–water partition coefficient (Wildman–Crippen LogP) is 3.55. The number of carbonyl (C=O) groups is 2. The van der Waals surface area contributed by atoms with Crippen molar-refractivity contribution in [1.82, 2.24) is 25.3 Å². The van der Waals surface area contributed by atoms with Crippen LogP contribution in [0, 0.1) is 0 Å². The summed E-state index contributed by atoms with van der Waals surface area (Å²) in [5.41, 5.74) is 2.65. The number of pyridine rings is 2. The van der Waals surface area contributed by atoms with Crippen molar-refractivity contribution >= 4 is 46.1 Å². The summed E-state index contributed by atoms with van der Waals surface area (Å²) in [5, 5.41) is 8.80. The molecule has 178 valence electrons. The fourth-order valence-electron chi connectivity index (χ4n) is 3.33. The maximum absolute atomic E-state index is 12.8. The van der Waals surface area contributed by atoms with Crippen LogP contribution >= 0.6 is 11.6 Å². The topological polar surface area (TPSA) is 131 Å². The Balaban J connectivity index is 1.82. The van der Waals surface area contributed by atoms with Crippen LogP contribution < -0.4 is 20.7 Å². The van der Waals surface area contributed by atoms with Gasteiger partial charge in [-0.15, -0.1) is 0 Å². The lowest BCUT2D eigenvalue weighted by molar-refractivity contribution is -0.117. The van der Waals surface area contributed by atoms with Crippen molar-refractivity contribution in [2.45, 2.75) is 13.0 Å². The first kappa shape index (κ1) is 24.0. The van der Waals surface area contributed by atoms with Crippen LogP contribution in [0.25, 0.3) is 22.2 Å². The molecule has 0 saturated heterocycles. The number of rotatable bonds is 7. The Morgan fingerprint density at radius 2 is 1.74 bits per heavy atom. The zero-order valence-electron chi connectivity index (χ0n) is 19.2. The van der Waals surface area contributed by atoms with Crippen molar-refractivity contribution in [3.8, 4) is 16.9 Å². The number of nitrogens with zero attached hydrogens (tertiary/aromatic N) is 4. The molecule has 3 N–H and O–H groups in total. The molecular weight excluding hydrogens is 470 g/mol. The summed E-state index contributed by atoms with van der Waals surface area (Å²) in [4.78, 5) is 42.6. The van der Waals surface area contributed by atoms with Gasteiger partial charge < -0.3 is 20.7 Å². The molecule has 11 heteroatoms. The van der Waals surface area contributed by atoms with Crippen molar-refractivity contribution in [3.05, 3.63) is 65.7 Å². The number of halogens is 1. The Kier molecular flexibility index (Phi) is 7.14. The van der Waals surface area contributed by atoms with E-state index in [4.69, 9.17) is 16.3 Å². The van der Waals surface area contributed by atoms with E-state index in [0.29, 0.717) is 32.9 Å². The molecule has 0 aliphatic carbocycles. The molecular formula is C24H22ClN7O3. The molecule has 10 nitrogen and oxygen atoms in total. The number of anilines is 2. The van der Waals surface area contributed by atoms with Gasteiger partial charge in [0.05, 0.1) is 29.3 Å². The molecule has 1 atom stereocenters. The summed E-state index contributed by atoms with van der Waals surface area (Å²) in [6, 6.07) is 9.54. The molecule has 2 amide bonds. The lowest BCUT2D eigenvalue weighted by atomic mass is 10.0. The summed E-state index contributed by atoms with van der Waals surface area (Å²) in [6.07, 6.45) is 4.56. The maximum atomic E-state index is 12.8. The van der Waals surface area contributed by atoms with Gasteiger partial charge in [0.15, 0.2) is 0 Å². The van der Waals surface area contributed by atoms with E-state index in [1.165, 1.54) is 12.3 Å². The number of likely N-dealkylation sites (N-methyl/N-ethyl adjacent to an activating group) is 1. The average molecular weight is 492 g/mol. The number of hydrogen-bond acceptors (Lipinski definition) is 8. The SMILES string of the molecule is CNC(C)C(=O)Nc1cc(-c2c(OC)ccc3nccnc23)cc(NC(=O)c2ccc(Cl)cn2)n1. The van der Waals surface area contributed by atoms with Crippen molar-refractivity contribution in [3.63, 3.8) is 0 Å². The second-order valence-corrected chi connectivity index (χ2v) is 7.95. The molecule has 3 heterocycles. The van der Waals surface area contributed by atoms with E-state index in [1.807, 2.05) is 0 Å². The number of methoxy groups -OCH3 is 1. The number of carbonyl (C=O) groups excluding carboxylic acids is 2. The smallest absolute Gasteiger partial charge is 0.275 e. The summed E-state index contributed by atoms with van der Waals surface area (Å²) >= 11 is 5.87. The molecule has 35 heavy (non-hydrogen) atoms. The Morgan fingerprint density at radius 1 is 1.00 bits per heavy atom. The number of ether oxygens (including phenoxy) is 1. The predicted molar refractivity (Wildman–Crippen MR) is 134 cm³/mol. The van der Waals surface area contributed by atoms with Gasteiger partial charge in [0.1, 0.15) is 28.6 Å². The fraction of sp³-hybridized carbons (Fsp3) is 0.167. The number of aromatic nitrogens is 4. The van der Waals surface area contributed by atoms with Crippen LogP contribution in [0.2, 0.25) is 5.02 Å². The number of nitrogens with one attached hydrogen (secondary N) is 3. The molecule has 0 saturated carbocycles. The fourth-order valence-corrected chi connectivity index (χ4v) is 3.44. The molecule has 0 bridgehead atoms. The highest BCUT2D eigenvalue weighted by molar-refractivity contribution is 6.30. The minimum atomic E-state index is -0.489. The highest BCUT2D eigenvalue weighted by atomic mass is 35.5. The first-order valence-electron chi connectivity index (χ1n) is 10.6. The number of amides is 2. The lowest BCUT2D eigenvalue weighted by Gasteiger charge is -2.16. The van der Waals surface area contributed by atoms with Crippen molar-refractivity contribution < 1.29 is 14.3 Å². The number of benzene rings is 1. The van der Waals surface area contributed by atoms with Crippen LogP contribution in [0.15, 0.2) is 55.0 Å². The minimum Gasteiger partial charge on any atom is -0.496 e. The molecule has 0 aliphatic heterocycles. The molecule has 0 aliphatic rings. The maximum Gasteiger partial charge on any atom is 0.275 e. The number of hydrogen-bond donors (Lipinski definition) is 3. The number of fused-ring (bicyclic) bond motifs is 1. The van der Waals surface area contributed by atoms with Crippen LogP contribution in [0.5, 0.6) is 5.75 Å². The quantitative estimate of drug-likeness (QED) is 0.357. The molecule has 3 aromatic heterocycles. The standard InChI is InChI=1S/C24H22ClN7O3/c1-13(26-2)23(33)31-19-10-14(21-18(35-3)7-6-16-22(21)28-9-8-27-16)11-20(30-19)32-24(34)17-5-4-15(25)12-29-17/h4-13,26H,1-3H3,(H2,30,31,32,33,34). The second-order valence-electron chi connectivity index (χ2n) is 7.51. The summed E-state index contributed by atoms with van der Waals surface area (Å²) in [6.45, 7) is 1.72. The molecule has 1 unspecified atom stereocenters. The van der Waals surface area contributed by atoms with Gasteiger partial charge in [-0.1, -0.05) is 11.6 Å². The normalized spacial score (nSPS) is 11.7. The largest absolute Gasteiger partial charge is 0.496 e. The van der Waals surface area contributed by atoms with Gasteiger partial charge in [-0.05, 0) is 55.9 Å². The van der Waals surface area contributed by atoms with Crippen LogP contribution in [0.1, 0.15) is 17.4 Å². The van der Waals surface area contributed by atoms with Gasteiger partial charge in [-0.2, -0.15) is 0 Å².